The van der Waals surface area contributed by atoms with Gasteiger partial charge in [0.05, 0.1) is 23.0 Å². The number of pyridine rings is 1. The minimum atomic E-state index is -1.26. The number of hydrogen-bond donors (Lipinski definition) is 1. The normalized spacial score (nSPS) is 11.5. The van der Waals surface area contributed by atoms with Gasteiger partial charge in [-0.2, -0.15) is 0 Å². The molecule has 0 saturated carbocycles. The quantitative estimate of drug-likeness (QED) is 0.507. The van der Waals surface area contributed by atoms with Gasteiger partial charge in [-0.1, -0.05) is 0 Å². The summed E-state index contributed by atoms with van der Waals surface area (Å²) in [5, 5.41) is 10.2. The molecular weight excluding hydrogens is 420 g/mol. The number of aryl methyl sites for hydroxylation is 2. The van der Waals surface area contributed by atoms with Crippen molar-refractivity contribution in [3.8, 4) is 0 Å². The van der Waals surface area contributed by atoms with E-state index in [-0.39, 0.29) is 29.0 Å². The Bertz CT molecular complexity index is 1360. The molecule has 0 atom stereocenters. The highest BCUT2D eigenvalue weighted by Gasteiger charge is 2.23. The van der Waals surface area contributed by atoms with Gasteiger partial charge in [0.2, 0.25) is 0 Å². The van der Waals surface area contributed by atoms with Gasteiger partial charge in [0, 0.05) is 25.7 Å². The summed E-state index contributed by atoms with van der Waals surface area (Å²) in [7, 11) is 3.16. The molecule has 138 valence electrons. The zero-order chi connectivity index (χ0) is 19.5. The molecule has 0 aliphatic heterocycles. The number of hydrogen-bond acceptors (Lipinski definition) is 5. The van der Waals surface area contributed by atoms with Crippen LogP contribution in [0.25, 0.3) is 22.2 Å². The van der Waals surface area contributed by atoms with E-state index in [1.54, 1.807) is 19.2 Å². The highest BCUT2D eigenvalue weighted by Crippen LogP contribution is 2.30. The molecular formula is C16H13BrN6O4. The number of imidazole rings is 1. The molecule has 11 heteroatoms. The molecule has 4 aromatic rings. The molecule has 4 heterocycles. The summed E-state index contributed by atoms with van der Waals surface area (Å²) < 4.78 is 5.21. The second kappa shape index (κ2) is 5.91. The Morgan fingerprint density at radius 1 is 1.22 bits per heavy atom. The number of fused-ring (bicyclic) bond motifs is 2. The lowest BCUT2D eigenvalue weighted by Gasteiger charge is -2.10. The van der Waals surface area contributed by atoms with Crippen molar-refractivity contribution in [1.29, 1.82) is 0 Å². The Morgan fingerprint density at radius 2 is 1.96 bits per heavy atom. The maximum atomic E-state index is 12.9. The van der Waals surface area contributed by atoms with Crippen molar-refractivity contribution < 1.29 is 9.90 Å². The van der Waals surface area contributed by atoms with E-state index in [2.05, 4.69) is 25.9 Å². The molecule has 0 amide bonds. The van der Waals surface area contributed by atoms with Crippen LogP contribution in [0.3, 0.4) is 0 Å². The molecule has 0 aliphatic carbocycles. The van der Waals surface area contributed by atoms with Crippen molar-refractivity contribution in [2.45, 2.75) is 6.54 Å². The van der Waals surface area contributed by atoms with E-state index < -0.39 is 17.3 Å². The fraction of sp³-hybridized carbons (Fsp3) is 0.188. The monoisotopic (exact) mass is 432 g/mol. The van der Waals surface area contributed by atoms with Crippen molar-refractivity contribution >= 4 is 44.2 Å². The van der Waals surface area contributed by atoms with Gasteiger partial charge in [0.1, 0.15) is 0 Å². The van der Waals surface area contributed by atoms with Gasteiger partial charge in [0.25, 0.3) is 5.56 Å². The van der Waals surface area contributed by atoms with Crippen molar-refractivity contribution in [3.05, 3.63) is 55.7 Å². The summed E-state index contributed by atoms with van der Waals surface area (Å²) in [4.78, 5) is 45.6. The lowest BCUT2D eigenvalue weighted by Crippen LogP contribution is -2.40. The van der Waals surface area contributed by atoms with Crippen LogP contribution in [-0.2, 0) is 20.6 Å². The molecule has 0 radical (unpaired) electrons. The first-order valence-electron chi connectivity index (χ1n) is 7.81. The molecule has 0 unspecified atom stereocenters. The van der Waals surface area contributed by atoms with Crippen LogP contribution < -0.4 is 11.2 Å². The Morgan fingerprint density at radius 3 is 2.67 bits per heavy atom. The summed E-state index contributed by atoms with van der Waals surface area (Å²) in [6, 6.07) is 3.39. The molecule has 0 aromatic carbocycles. The topological polar surface area (TPSA) is 117 Å². The lowest BCUT2D eigenvalue weighted by atomic mass is 10.3. The minimum absolute atomic E-state index is 0.221. The zero-order valence-corrected chi connectivity index (χ0v) is 15.8. The fourth-order valence-electron chi connectivity index (χ4n) is 3.16. The van der Waals surface area contributed by atoms with Crippen LogP contribution in [0.1, 0.15) is 5.69 Å². The van der Waals surface area contributed by atoms with Gasteiger partial charge < -0.3 is 9.67 Å². The van der Waals surface area contributed by atoms with E-state index in [9.17, 15) is 19.5 Å². The molecule has 4 rings (SSSR count). The summed E-state index contributed by atoms with van der Waals surface area (Å²) >= 11 is 3.39. The highest BCUT2D eigenvalue weighted by atomic mass is 79.9. The molecule has 0 bridgehead atoms. The smallest absolute Gasteiger partial charge is 0.417 e. The maximum Gasteiger partial charge on any atom is 0.417 e. The first-order chi connectivity index (χ1) is 12.8. The Labute approximate surface area is 159 Å². The fourth-order valence-corrected chi connectivity index (χ4v) is 3.77. The Kier molecular flexibility index (Phi) is 3.77. The summed E-state index contributed by atoms with van der Waals surface area (Å²) in [6.07, 6.45) is 1.67. The third kappa shape index (κ3) is 2.35. The average Bonchev–Trinajstić information content (AvgIpc) is 3.16. The number of carboxylic acid groups (broad SMARTS) is 1. The van der Waals surface area contributed by atoms with Crippen LogP contribution in [0.15, 0.2) is 38.7 Å². The summed E-state index contributed by atoms with van der Waals surface area (Å²) in [6.45, 7) is -0.240. The minimum Gasteiger partial charge on any atom is -0.464 e. The molecule has 27 heavy (non-hydrogen) atoms. The second-order valence-corrected chi connectivity index (χ2v) is 6.81. The predicted octanol–water partition coefficient (Wildman–Crippen LogP) is 1.12. The first-order valence-corrected chi connectivity index (χ1v) is 8.60. The lowest BCUT2D eigenvalue weighted by molar-refractivity contribution is 0.196. The average molecular weight is 433 g/mol. The van der Waals surface area contributed by atoms with E-state index >= 15 is 0 Å². The number of nitrogens with zero attached hydrogens (tertiary/aromatic N) is 6. The van der Waals surface area contributed by atoms with Gasteiger partial charge in [-0.25, -0.2) is 24.1 Å². The molecule has 0 aliphatic rings. The van der Waals surface area contributed by atoms with E-state index in [4.69, 9.17) is 0 Å². The third-order valence-corrected chi connectivity index (χ3v) is 5.34. The van der Waals surface area contributed by atoms with Gasteiger partial charge >= 0.3 is 11.8 Å². The third-order valence-electron chi connectivity index (χ3n) is 4.46. The molecule has 10 nitrogen and oxygen atoms in total. The molecule has 0 saturated heterocycles. The highest BCUT2D eigenvalue weighted by molar-refractivity contribution is 9.10. The van der Waals surface area contributed by atoms with Crippen LogP contribution in [0, 0.1) is 0 Å². The van der Waals surface area contributed by atoms with Crippen molar-refractivity contribution in [3.63, 3.8) is 0 Å². The van der Waals surface area contributed by atoms with Gasteiger partial charge in [-0.15, -0.1) is 0 Å². The Hall–Kier alpha value is -3.21. The number of aromatic nitrogens is 6. The molecule has 0 spiro atoms. The second-order valence-electron chi connectivity index (χ2n) is 6.01. The standard InChI is InChI=1S/C16H13BrN6O4/c1-20-7-19-13-11(20)14(24)22(15(25)21(13)2)6-9-10(17)8-4-3-5-18-12(8)23(9)16(26)27/h3-5,7H,6H2,1-2H3,(H,26,27). The van der Waals surface area contributed by atoms with Crippen LogP contribution in [0.4, 0.5) is 4.79 Å². The maximum absolute atomic E-state index is 12.9. The molecule has 0 fully saturated rings. The SMILES string of the molecule is Cn1cnc2c1c(=O)n(Cc1c(Br)c3cccnc3n1C(=O)O)c(=O)n2C. The number of carbonyl (C=O) groups is 1. The summed E-state index contributed by atoms with van der Waals surface area (Å²) in [5.41, 5.74) is -0.161. The van der Waals surface area contributed by atoms with Gasteiger partial charge in [-0.3, -0.25) is 13.9 Å². The Balaban J connectivity index is 2.04. The largest absolute Gasteiger partial charge is 0.464 e. The van der Waals surface area contributed by atoms with Crippen molar-refractivity contribution in [1.82, 2.24) is 28.2 Å². The number of halogens is 1. The van der Waals surface area contributed by atoms with Crippen LogP contribution in [-0.4, -0.2) is 39.4 Å². The van der Waals surface area contributed by atoms with Crippen molar-refractivity contribution in [2.24, 2.45) is 14.1 Å². The van der Waals surface area contributed by atoms with Gasteiger partial charge in [-0.05, 0) is 28.1 Å². The van der Waals surface area contributed by atoms with E-state index in [0.717, 1.165) is 9.13 Å². The van der Waals surface area contributed by atoms with E-state index in [0.29, 0.717) is 9.86 Å². The number of rotatable bonds is 2. The van der Waals surface area contributed by atoms with Crippen LogP contribution in [0.5, 0.6) is 0 Å². The van der Waals surface area contributed by atoms with E-state index in [1.807, 2.05) is 0 Å². The predicted molar refractivity (Wildman–Crippen MR) is 100 cm³/mol. The zero-order valence-electron chi connectivity index (χ0n) is 14.2. The first kappa shape index (κ1) is 17.2. The summed E-state index contributed by atoms with van der Waals surface area (Å²) in [5.74, 6) is 0. The van der Waals surface area contributed by atoms with Crippen LogP contribution in [0.2, 0.25) is 0 Å². The molecule has 4 aromatic heterocycles. The van der Waals surface area contributed by atoms with Crippen LogP contribution >= 0.6 is 15.9 Å². The van der Waals surface area contributed by atoms with Gasteiger partial charge in [0.15, 0.2) is 16.8 Å². The molecule has 1 N–H and O–H groups in total. The van der Waals surface area contributed by atoms with Crippen molar-refractivity contribution in [2.75, 3.05) is 0 Å². The van der Waals surface area contributed by atoms with E-state index in [1.165, 1.54) is 28.7 Å².